The molecule has 29 heavy (non-hydrogen) atoms. The fourth-order valence-electron chi connectivity index (χ4n) is 3.92. The summed E-state index contributed by atoms with van der Waals surface area (Å²) < 4.78 is 1.78. The van der Waals surface area contributed by atoms with E-state index in [2.05, 4.69) is 46.2 Å². The van der Waals surface area contributed by atoms with Crippen LogP contribution < -0.4 is 0 Å². The van der Waals surface area contributed by atoms with Gasteiger partial charge in [0, 0.05) is 38.9 Å². The average Bonchev–Trinajstić information content (AvgIpc) is 3.18. The standard InChI is InChI=1S/C23H27N5O/c1-3-21-20(16-25-28(21)22-9-4-5-10-24-22)23(29)27-13-11-26(12-14-27)17-19-8-6-7-18(2)15-19/h4-10,15-16H,3,11-14,17H2,1-2H3. The van der Waals surface area contributed by atoms with Crippen LogP contribution in [0.25, 0.3) is 5.82 Å². The zero-order chi connectivity index (χ0) is 20.2. The number of aryl methyl sites for hydroxylation is 1. The molecule has 3 heterocycles. The lowest BCUT2D eigenvalue weighted by atomic mass is 10.1. The molecule has 0 aliphatic carbocycles. The minimum atomic E-state index is 0.0687. The Hall–Kier alpha value is -2.99. The van der Waals surface area contributed by atoms with E-state index < -0.39 is 0 Å². The monoisotopic (exact) mass is 389 g/mol. The molecule has 6 nitrogen and oxygen atoms in total. The van der Waals surface area contributed by atoms with Crippen LogP contribution >= 0.6 is 0 Å². The Bertz CT molecular complexity index is 974. The Kier molecular flexibility index (Phi) is 5.71. The second kappa shape index (κ2) is 8.57. The Morgan fingerprint density at radius 1 is 1.07 bits per heavy atom. The summed E-state index contributed by atoms with van der Waals surface area (Å²) in [5.74, 6) is 0.811. The Morgan fingerprint density at radius 3 is 2.59 bits per heavy atom. The van der Waals surface area contributed by atoms with Gasteiger partial charge in [0.15, 0.2) is 5.82 Å². The highest BCUT2D eigenvalue weighted by atomic mass is 16.2. The summed E-state index contributed by atoms with van der Waals surface area (Å²) >= 11 is 0. The summed E-state index contributed by atoms with van der Waals surface area (Å²) in [6.45, 7) is 8.35. The van der Waals surface area contributed by atoms with E-state index in [1.54, 1.807) is 17.1 Å². The molecule has 0 unspecified atom stereocenters. The van der Waals surface area contributed by atoms with Gasteiger partial charge in [-0.25, -0.2) is 9.67 Å². The highest BCUT2D eigenvalue weighted by Crippen LogP contribution is 2.18. The van der Waals surface area contributed by atoms with Crippen LogP contribution in [0.3, 0.4) is 0 Å². The minimum Gasteiger partial charge on any atom is -0.336 e. The normalized spacial score (nSPS) is 14.9. The smallest absolute Gasteiger partial charge is 0.257 e. The van der Waals surface area contributed by atoms with Gasteiger partial charge in [-0.05, 0) is 31.0 Å². The predicted octanol–water partition coefficient (Wildman–Crippen LogP) is 3.10. The third-order valence-corrected chi connectivity index (χ3v) is 5.45. The summed E-state index contributed by atoms with van der Waals surface area (Å²) in [5.41, 5.74) is 4.21. The molecule has 4 rings (SSSR count). The number of hydrogen-bond donors (Lipinski definition) is 0. The van der Waals surface area contributed by atoms with E-state index in [0.717, 1.165) is 50.7 Å². The molecule has 6 heteroatoms. The number of carbonyl (C=O) groups is 1. The quantitative estimate of drug-likeness (QED) is 0.673. The second-order valence-electron chi connectivity index (χ2n) is 7.52. The van der Waals surface area contributed by atoms with Gasteiger partial charge >= 0.3 is 0 Å². The first-order valence-electron chi connectivity index (χ1n) is 10.2. The van der Waals surface area contributed by atoms with Gasteiger partial charge in [-0.2, -0.15) is 5.10 Å². The van der Waals surface area contributed by atoms with Crippen molar-refractivity contribution in [2.75, 3.05) is 26.2 Å². The molecule has 0 N–H and O–H groups in total. The third kappa shape index (κ3) is 4.22. The Morgan fingerprint density at radius 2 is 1.90 bits per heavy atom. The molecule has 2 aromatic heterocycles. The molecule has 1 fully saturated rings. The van der Waals surface area contributed by atoms with Crippen molar-refractivity contribution < 1.29 is 4.79 Å². The molecule has 1 aliphatic rings. The van der Waals surface area contributed by atoms with Crippen LogP contribution in [-0.4, -0.2) is 56.7 Å². The molecular formula is C23H27N5O. The lowest BCUT2D eigenvalue weighted by Gasteiger charge is -2.34. The molecule has 1 amide bonds. The van der Waals surface area contributed by atoms with Gasteiger partial charge in [-0.15, -0.1) is 0 Å². The Labute approximate surface area is 171 Å². The maximum absolute atomic E-state index is 13.2. The number of pyridine rings is 1. The number of benzene rings is 1. The molecule has 0 radical (unpaired) electrons. The first kappa shape index (κ1) is 19.3. The van der Waals surface area contributed by atoms with Crippen molar-refractivity contribution in [2.24, 2.45) is 0 Å². The van der Waals surface area contributed by atoms with Crippen molar-refractivity contribution in [1.82, 2.24) is 24.6 Å². The van der Waals surface area contributed by atoms with Crippen LogP contribution in [0.2, 0.25) is 0 Å². The number of piperazine rings is 1. The topological polar surface area (TPSA) is 54.3 Å². The number of amides is 1. The summed E-state index contributed by atoms with van der Waals surface area (Å²) in [7, 11) is 0. The first-order chi connectivity index (χ1) is 14.2. The lowest BCUT2D eigenvalue weighted by molar-refractivity contribution is 0.0627. The SMILES string of the molecule is CCc1c(C(=O)N2CCN(Cc3cccc(C)c3)CC2)cnn1-c1ccccn1. The van der Waals surface area contributed by atoms with Gasteiger partial charge in [-0.1, -0.05) is 42.8 Å². The van der Waals surface area contributed by atoms with Gasteiger partial charge in [0.2, 0.25) is 0 Å². The highest BCUT2D eigenvalue weighted by Gasteiger charge is 2.26. The third-order valence-electron chi connectivity index (χ3n) is 5.45. The fraction of sp³-hybridized carbons (Fsp3) is 0.348. The van der Waals surface area contributed by atoms with Crippen molar-refractivity contribution in [3.8, 4) is 5.82 Å². The zero-order valence-corrected chi connectivity index (χ0v) is 17.1. The average molecular weight is 390 g/mol. The first-order valence-corrected chi connectivity index (χ1v) is 10.2. The molecule has 1 aromatic carbocycles. The van der Waals surface area contributed by atoms with Crippen LogP contribution in [-0.2, 0) is 13.0 Å². The van der Waals surface area contributed by atoms with E-state index in [-0.39, 0.29) is 5.91 Å². The van der Waals surface area contributed by atoms with Crippen LogP contribution in [0.5, 0.6) is 0 Å². The van der Waals surface area contributed by atoms with E-state index in [0.29, 0.717) is 5.56 Å². The lowest BCUT2D eigenvalue weighted by Crippen LogP contribution is -2.48. The molecule has 150 valence electrons. The van der Waals surface area contributed by atoms with Gasteiger partial charge in [-0.3, -0.25) is 9.69 Å². The van der Waals surface area contributed by atoms with Crippen molar-refractivity contribution in [1.29, 1.82) is 0 Å². The van der Waals surface area contributed by atoms with E-state index in [1.165, 1.54) is 11.1 Å². The van der Waals surface area contributed by atoms with Crippen LogP contribution in [0.4, 0.5) is 0 Å². The largest absolute Gasteiger partial charge is 0.336 e. The van der Waals surface area contributed by atoms with Gasteiger partial charge in [0.1, 0.15) is 0 Å². The number of aromatic nitrogens is 3. The summed E-state index contributed by atoms with van der Waals surface area (Å²) in [5, 5.41) is 4.45. The van der Waals surface area contributed by atoms with Crippen molar-refractivity contribution in [3.63, 3.8) is 0 Å². The highest BCUT2D eigenvalue weighted by molar-refractivity contribution is 5.95. The molecule has 0 spiro atoms. The van der Waals surface area contributed by atoms with Crippen molar-refractivity contribution in [3.05, 3.63) is 77.2 Å². The second-order valence-corrected chi connectivity index (χ2v) is 7.52. The summed E-state index contributed by atoms with van der Waals surface area (Å²) in [6.07, 6.45) is 4.16. The maximum atomic E-state index is 13.2. The van der Waals surface area contributed by atoms with Crippen LogP contribution in [0.15, 0.2) is 54.9 Å². The van der Waals surface area contributed by atoms with E-state index in [1.807, 2.05) is 30.0 Å². The van der Waals surface area contributed by atoms with Crippen molar-refractivity contribution >= 4 is 5.91 Å². The zero-order valence-electron chi connectivity index (χ0n) is 17.1. The van der Waals surface area contributed by atoms with Crippen LogP contribution in [0.1, 0.15) is 34.1 Å². The van der Waals surface area contributed by atoms with Crippen LogP contribution in [0, 0.1) is 6.92 Å². The minimum absolute atomic E-state index is 0.0687. The van der Waals surface area contributed by atoms with Gasteiger partial charge < -0.3 is 4.90 Å². The van der Waals surface area contributed by atoms with E-state index >= 15 is 0 Å². The number of hydrogen-bond acceptors (Lipinski definition) is 4. The van der Waals surface area contributed by atoms with E-state index in [4.69, 9.17) is 0 Å². The van der Waals surface area contributed by atoms with Crippen molar-refractivity contribution in [2.45, 2.75) is 26.8 Å². The molecule has 0 atom stereocenters. The fourth-order valence-corrected chi connectivity index (χ4v) is 3.92. The number of carbonyl (C=O) groups excluding carboxylic acids is 1. The molecule has 1 aliphatic heterocycles. The van der Waals surface area contributed by atoms with Gasteiger partial charge in [0.05, 0.1) is 17.5 Å². The molecule has 0 saturated carbocycles. The summed E-state index contributed by atoms with van der Waals surface area (Å²) in [6, 6.07) is 14.3. The number of rotatable bonds is 5. The molecular weight excluding hydrogens is 362 g/mol. The predicted molar refractivity (Wildman–Crippen MR) is 113 cm³/mol. The van der Waals surface area contributed by atoms with E-state index in [9.17, 15) is 4.79 Å². The molecule has 1 saturated heterocycles. The molecule has 0 bridgehead atoms. The number of nitrogens with zero attached hydrogens (tertiary/aromatic N) is 5. The summed E-state index contributed by atoms with van der Waals surface area (Å²) in [4.78, 5) is 21.9. The molecule has 3 aromatic rings. The Balaban J connectivity index is 1.43. The van der Waals surface area contributed by atoms with Gasteiger partial charge in [0.25, 0.3) is 5.91 Å². The maximum Gasteiger partial charge on any atom is 0.257 e.